The first-order chi connectivity index (χ1) is 12.8. The molecule has 0 saturated carbocycles. The fraction of sp³-hybridized carbons (Fsp3) is 0.368. The summed E-state index contributed by atoms with van der Waals surface area (Å²) in [7, 11) is 0. The number of fused-ring (bicyclic) bond motifs is 3. The van der Waals surface area contributed by atoms with Gasteiger partial charge < -0.3 is 14.6 Å². The van der Waals surface area contributed by atoms with E-state index in [0.717, 1.165) is 60.2 Å². The molecule has 1 saturated heterocycles. The van der Waals surface area contributed by atoms with Crippen LogP contribution in [-0.4, -0.2) is 53.1 Å². The summed E-state index contributed by atoms with van der Waals surface area (Å²) in [6.07, 6.45) is 1.74. The molecule has 26 heavy (non-hydrogen) atoms. The molecule has 6 nitrogen and oxygen atoms in total. The van der Waals surface area contributed by atoms with Crippen LogP contribution >= 0.6 is 11.8 Å². The average Bonchev–Trinajstić information content (AvgIpc) is 3.05. The van der Waals surface area contributed by atoms with E-state index in [1.165, 1.54) is 0 Å². The number of quaternary nitrogens is 1. The molecule has 2 N–H and O–H groups in total. The number of benzene rings is 1. The van der Waals surface area contributed by atoms with E-state index >= 15 is 0 Å². The molecule has 2 aromatic heterocycles. The average molecular weight is 371 g/mol. The molecule has 4 rings (SSSR count). The van der Waals surface area contributed by atoms with E-state index < -0.39 is 0 Å². The van der Waals surface area contributed by atoms with Crippen LogP contribution in [0.2, 0.25) is 0 Å². The van der Waals surface area contributed by atoms with E-state index in [4.69, 9.17) is 9.72 Å². The molecule has 1 aliphatic rings. The number of aromatic nitrogens is 3. The van der Waals surface area contributed by atoms with Gasteiger partial charge in [0.25, 0.3) is 5.56 Å². The first-order valence-electron chi connectivity index (χ1n) is 8.94. The summed E-state index contributed by atoms with van der Waals surface area (Å²) in [5.74, 6) is 0.923. The van der Waals surface area contributed by atoms with Gasteiger partial charge in [-0.1, -0.05) is 36.0 Å². The molecule has 0 aliphatic carbocycles. The van der Waals surface area contributed by atoms with Crippen molar-refractivity contribution in [1.82, 2.24) is 14.5 Å². The highest BCUT2D eigenvalue weighted by Crippen LogP contribution is 2.24. The standard InChI is InChI=1S/C19H22N4O2S/c1-2-7-23-18(24)17-16(14-5-3-4-6-15(14)20-17)21-19(23)26-13-10-22-8-11-25-12-9-22/h2-6,20H,1,7-13H2/p+1. The van der Waals surface area contributed by atoms with Gasteiger partial charge in [0.05, 0.1) is 25.5 Å². The van der Waals surface area contributed by atoms with Gasteiger partial charge in [0.1, 0.15) is 24.1 Å². The summed E-state index contributed by atoms with van der Waals surface area (Å²) in [6, 6.07) is 7.91. The van der Waals surface area contributed by atoms with Gasteiger partial charge in [0.2, 0.25) is 0 Å². The van der Waals surface area contributed by atoms with E-state index in [0.29, 0.717) is 12.1 Å². The number of hydrogen-bond donors (Lipinski definition) is 2. The second-order valence-electron chi connectivity index (χ2n) is 6.45. The number of para-hydroxylation sites is 1. The number of ether oxygens (including phenoxy) is 1. The van der Waals surface area contributed by atoms with E-state index in [1.807, 2.05) is 24.3 Å². The lowest BCUT2D eigenvalue weighted by atomic mass is 10.2. The molecule has 0 atom stereocenters. The predicted molar refractivity (Wildman–Crippen MR) is 105 cm³/mol. The fourth-order valence-electron chi connectivity index (χ4n) is 3.37. The van der Waals surface area contributed by atoms with Crippen molar-refractivity contribution in [3.05, 3.63) is 47.3 Å². The summed E-state index contributed by atoms with van der Waals surface area (Å²) >= 11 is 1.65. The van der Waals surface area contributed by atoms with Gasteiger partial charge in [-0.2, -0.15) is 0 Å². The maximum Gasteiger partial charge on any atom is 0.278 e. The number of H-pyrrole nitrogens is 1. The van der Waals surface area contributed by atoms with Crippen molar-refractivity contribution < 1.29 is 9.64 Å². The minimum atomic E-state index is -0.0349. The Morgan fingerprint density at radius 3 is 2.96 bits per heavy atom. The lowest BCUT2D eigenvalue weighted by Gasteiger charge is -2.23. The number of thioether (sulfide) groups is 1. The van der Waals surface area contributed by atoms with Crippen molar-refractivity contribution in [3.8, 4) is 0 Å². The highest BCUT2D eigenvalue weighted by molar-refractivity contribution is 7.99. The van der Waals surface area contributed by atoms with Gasteiger partial charge in [-0.25, -0.2) is 4.98 Å². The Morgan fingerprint density at radius 1 is 1.35 bits per heavy atom. The largest absolute Gasteiger partial charge is 0.370 e. The third-order valence-electron chi connectivity index (χ3n) is 4.77. The van der Waals surface area contributed by atoms with Crippen LogP contribution in [0.1, 0.15) is 0 Å². The minimum absolute atomic E-state index is 0.0349. The minimum Gasteiger partial charge on any atom is -0.370 e. The van der Waals surface area contributed by atoms with Crippen molar-refractivity contribution in [2.75, 3.05) is 38.6 Å². The summed E-state index contributed by atoms with van der Waals surface area (Å²) in [6.45, 7) is 9.07. The maximum absolute atomic E-state index is 13.0. The summed E-state index contributed by atoms with van der Waals surface area (Å²) in [5, 5.41) is 1.76. The third kappa shape index (κ3) is 3.30. The molecule has 0 bridgehead atoms. The zero-order valence-corrected chi connectivity index (χ0v) is 15.5. The molecule has 1 aliphatic heterocycles. The number of allylic oxidation sites excluding steroid dienone is 1. The van der Waals surface area contributed by atoms with Crippen molar-refractivity contribution in [1.29, 1.82) is 0 Å². The van der Waals surface area contributed by atoms with E-state index in [1.54, 1.807) is 27.3 Å². The van der Waals surface area contributed by atoms with Crippen LogP contribution in [0.5, 0.6) is 0 Å². The normalized spacial score (nSPS) is 15.7. The molecule has 3 aromatic rings. The van der Waals surface area contributed by atoms with Crippen molar-refractivity contribution in [2.24, 2.45) is 0 Å². The summed E-state index contributed by atoms with van der Waals surface area (Å²) in [5.41, 5.74) is 2.23. The Morgan fingerprint density at radius 2 is 2.15 bits per heavy atom. The first kappa shape index (κ1) is 17.3. The van der Waals surface area contributed by atoms with Crippen molar-refractivity contribution >= 4 is 33.7 Å². The highest BCUT2D eigenvalue weighted by atomic mass is 32.2. The third-order valence-corrected chi connectivity index (χ3v) is 5.75. The molecule has 0 spiro atoms. The van der Waals surface area contributed by atoms with Gasteiger partial charge in [-0.05, 0) is 6.07 Å². The van der Waals surface area contributed by atoms with Crippen molar-refractivity contribution in [2.45, 2.75) is 11.7 Å². The number of morpholine rings is 1. The van der Waals surface area contributed by atoms with Gasteiger partial charge >= 0.3 is 0 Å². The molecule has 0 unspecified atom stereocenters. The van der Waals surface area contributed by atoms with E-state index in [-0.39, 0.29) is 5.56 Å². The molecular weight excluding hydrogens is 348 g/mol. The van der Waals surface area contributed by atoms with E-state index in [2.05, 4.69) is 11.6 Å². The molecular formula is C19H23N4O2S+. The Kier molecular flexibility index (Phi) is 5.10. The Bertz CT molecular complexity index is 988. The Labute approximate surface area is 155 Å². The lowest BCUT2D eigenvalue weighted by Crippen LogP contribution is -3.14. The Balaban J connectivity index is 1.67. The second kappa shape index (κ2) is 7.65. The molecule has 1 fully saturated rings. The zero-order valence-electron chi connectivity index (χ0n) is 14.7. The molecule has 0 radical (unpaired) electrons. The van der Waals surface area contributed by atoms with E-state index in [9.17, 15) is 4.79 Å². The smallest absolute Gasteiger partial charge is 0.278 e. The molecule has 3 heterocycles. The summed E-state index contributed by atoms with van der Waals surface area (Å²) < 4.78 is 7.12. The van der Waals surface area contributed by atoms with Gasteiger partial charge in [-0.15, -0.1) is 6.58 Å². The molecule has 136 valence electrons. The van der Waals surface area contributed by atoms with Crippen LogP contribution in [0.15, 0.2) is 46.9 Å². The van der Waals surface area contributed by atoms with Crippen LogP contribution in [0, 0.1) is 0 Å². The first-order valence-corrected chi connectivity index (χ1v) is 9.93. The molecule has 0 amide bonds. The zero-order chi connectivity index (χ0) is 17.9. The second-order valence-corrected chi connectivity index (χ2v) is 7.52. The van der Waals surface area contributed by atoms with Crippen molar-refractivity contribution in [3.63, 3.8) is 0 Å². The number of nitrogens with zero attached hydrogens (tertiary/aromatic N) is 2. The van der Waals surface area contributed by atoms with Gasteiger partial charge in [0, 0.05) is 17.4 Å². The van der Waals surface area contributed by atoms with Crippen LogP contribution in [0.3, 0.4) is 0 Å². The molecule has 1 aromatic carbocycles. The Hall–Kier alpha value is -2.09. The summed E-state index contributed by atoms with van der Waals surface area (Å²) in [4.78, 5) is 22.6. The van der Waals surface area contributed by atoms with Crippen LogP contribution < -0.4 is 10.5 Å². The number of nitrogens with one attached hydrogen (secondary N) is 2. The number of aromatic amines is 1. The quantitative estimate of drug-likeness (QED) is 0.387. The van der Waals surface area contributed by atoms with Crippen LogP contribution in [-0.2, 0) is 11.3 Å². The number of hydrogen-bond acceptors (Lipinski definition) is 4. The highest BCUT2D eigenvalue weighted by Gasteiger charge is 2.17. The fourth-order valence-corrected chi connectivity index (χ4v) is 4.42. The number of rotatable bonds is 6. The van der Waals surface area contributed by atoms with Gasteiger partial charge in [0.15, 0.2) is 5.16 Å². The topological polar surface area (TPSA) is 64.3 Å². The SMILES string of the molecule is C=CCn1c(SCC[NH+]2CCOCC2)nc2c([nH]c3ccccc32)c1=O. The maximum atomic E-state index is 13.0. The van der Waals surface area contributed by atoms with Gasteiger partial charge in [-0.3, -0.25) is 9.36 Å². The molecule has 7 heteroatoms. The lowest BCUT2D eigenvalue weighted by molar-refractivity contribution is -0.905. The predicted octanol–water partition coefficient (Wildman–Crippen LogP) is 1.07. The van der Waals surface area contributed by atoms with Crippen LogP contribution in [0.4, 0.5) is 0 Å². The van der Waals surface area contributed by atoms with Crippen LogP contribution in [0.25, 0.3) is 21.9 Å². The monoisotopic (exact) mass is 371 g/mol.